The SMILES string of the molecule is CC(C)Oc1ccc(C#N)cc1C(=O)O. The molecule has 0 spiro atoms. The molecule has 4 heteroatoms. The summed E-state index contributed by atoms with van der Waals surface area (Å²) in [6.45, 7) is 3.62. The van der Waals surface area contributed by atoms with E-state index in [0.717, 1.165) is 0 Å². The Morgan fingerprint density at radius 2 is 2.20 bits per heavy atom. The summed E-state index contributed by atoms with van der Waals surface area (Å²) in [5, 5.41) is 17.5. The number of carbonyl (C=O) groups is 1. The van der Waals surface area contributed by atoms with Crippen LogP contribution in [0.5, 0.6) is 5.75 Å². The number of ether oxygens (including phenoxy) is 1. The lowest BCUT2D eigenvalue weighted by Crippen LogP contribution is -2.10. The minimum absolute atomic E-state index is 0.0164. The van der Waals surface area contributed by atoms with Crippen LogP contribution in [0.1, 0.15) is 29.8 Å². The van der Waals surface area contributed by atoms with Crippen molar-refractivity contribution in [3.8, 4) is 11.8 Å². The van der Waals surface area contributed by atoms with Crippen molar-refractivity contribution in [1.82, 2.24) is 0 Å². The van der Waals surface area contributed by atoms with Gasteiger partial charge in [-0.15, -0.1) is 0 Å². The lowest BCUT2D eigenvalue weighted by Gasteiger charge is -2.11. The Morgan fingerprint density at radius 1 is 1.53 bits per heavy atom. The lowest BCUT2D eigenvalue weighted by molar-refractivity contribution is 0.0690. The maximum Gasteiger partial charge on any atom is 0.339 e. The molecule has 0 radical (unpaired) electrons. The number of aromatic carboxylic acids is 1. The minimum atomic E-state index is -1.09. The van der Waals surface area contributed by atoms with E-state index in [1.54, 1.807) is 0 Å². The van der Waals surface area contributed by atoms with Gasteiger partial charge < -0.3 is 9.84 Å². The van der Waals surface area contributed by atoms with E-state index < -0.39 is 5.97 Å². The minimum Gasteiger partial charge on any atom is -0.490 e. The Morgan fingerprint density at radius 3 is 2.67 bits per heavy atom. The van der Waals surface area contributed by atoms with Crippen LogP contribution in [-0.2, 0) is 0 Å². The van der Waals surface area contributed by atoms with Gasteiger partial charge in [0.2, 0.25) is 0 Å². The summed E-state index contributed by atoms with van der Waals surface area (Å²) in [5.41, 5.74) is 0.325. The largest absolute Gasteiger partial charge is 0.490 e. The molecule has 0 saturated heterocycles. The average Bonchev–Trinajstić information content (AvgIpc) is 2.17. The van der Waals surface area contributed by atoms with Crippen LogP contribution in [0.2, 0.25) is 0 Å². The second-order valence-electron chi connectivity index (χ2n) is 3.29. The Labute approximate surface area is 87.7 Å². The van der Waals surface area contributed by atoms with Crippen molar-refractivity contribution in [3.63, 3.8) is 0 Å². The third-order valence-corrected chi connectivity index (χ3v) is 1.70. The van der Waals surface area contributed by atoms with Gasteiger partial charge >= 0.3 is 5.97 Å². The first-order chi connectivity index (χ1) is 7.04. The number of nitriles is 1. The summed E-state index contributed by atoms with van der Waals surface area (Å²) >= 11 is 0. The van der Waals surface area contributed by atoms with Gasteiger partial charge in [0, 0.05) is 0 Å². The van der Waals surface area contributed by atoms with E-state index in [-0.39, 0.29) is 17.4 Å². The first-order valence-electron chi connectivity index (χ1n) is 4.48. The molecule has 0 saturated carbocycles. The van der Waals surface area contributed by atoms with Crippen LogP contribution in [0.15, 0.2) is 18.2 Å². The number of nitrogens with zero attached hydrogens (tertiary/aromatic N) is 1. The molecule has 15 heavy (non-hydrogen) atoms. The first kappa shape index (κ1) is 11.1. The molecule has 0 aliphatic heterocycles. The Hall–Kier alpha value is -2.02. The highest BCUT2D eigenvalue weighted by Crippen LogP contribution is 2.21. The molecule has 1 aromatic carbocycles. The zero-order valence-electron chi connectivity index (χ0n) is 8.52. The molecule has 1 rings (SSSR count). The van der Waals surface area contributed by atoms with Crippen molar-refractivity contribution in [2.45, 2.75) is 20.0 Å². The normalized spacial score (nSPS) is 9.73. The summed E-state index contributed by atoms with van der Waals surface area (Å²) in [4.78, 5) is 10.9. The number of hydrogen-bond donors (Lipinski definition) is 1. The summed E-state index contributed by atoms with van der Waals surface area (Å²) in [6.07, 6.45) is -0.101. The van der Waals surface area contributed by atoms with Crippen molar-refractivity contribution >= 4 is 5.97 Å². The number of carboxylic acid groups (broad SMARTS) is 1. The van der Waals surface area contributed by atoms with Gasteiger partial charge in [0.1, 0.15) is 11.3 Å². The third kappa shape index (κ3) is 2.71. The summed E-state index contributed by atoms with van der Waals surface area (Å²) in [6, 6.07) is 6.22. The first-order valence-corrected chi connectivity index (χ1v) is 4.48. The molecule has 78 valence electrons. The van der Waals surface area contributed by atoms with Gasteiger partial charge in [-0.25, -0.2) is 4.79 Å². The van der Waals surface area contributed by atoms with Crippen LogP contribution in [-0.4, -0.2) is 17.2 Å². The molecule has 0 fully saturated rings. The maximum absolute atomic E-state index is 10.9. The second kappa shape index (κ2) is 4.47. The monoisotopic (exact) mass is 205 g/mol. The lowest BCUT2D eigenvalue weighted by atomic mass is 10.1. The summed E-state index contributed by atoms with van der Waals surface area (Å²) in [5.74, 6) is -0.806. The number of rotatable bonds is 3. The predicted molar refractivity (Wildman–Crippen MR) is 53.9 cm³/mol. The van der Waals surface area contributed by atoms with E-state index in [1.807, 2.05) is 19.9 Å². The van der Waals surface area contributed by atoms with E-state index in [2.05, 4.69) is 0 Å². The molecule has 0 aliphatic rings. The highest BCUT2D eigenvalue weighted by molar-refractivity contribution is 5.91. The molecular weight excluding hydrogens is 194 g/mol. The van der Waals surface area contributed by atoms with E-state index in [9.17, 15) is 4.79 Å². The zero-order valence-corrected chi connectivity index (χ0v) is 8.52. The van der Waals surface area contributed by atoms with Crippen LogP contribution in [0, 0.1) is 11.3 Å². The van der Waals surface area contributed by atoms with Crippen molar-refractivity contribution < 1.29 is 14.6 Å². The molecular formula is C11H11NO3. The highest BCUT2D eigenvalue weighted by Gasteiger charge is 2.13. The van der Waals surface area contributed by atoms with Crippen LogP contribution < -0.4 is 4.74 Å². The van der Waals surface area contributed by atoms with Crippen molar-refractivity contribution in [2.75, 3.05) is 0 Å². The van der Waals surface area contributed by atoms with Gasteiger partial charge in [-0.1, -0.05) is 0 Å². The van der Waals surface area contributed by atoms with Crippen LogP contribution in [0.25, 0.3) is 0 Å². The molecule has 0 aliphatic carbocycles. The van der Waals surface area contributed by atoms with Crippen molar-refractivity contribution in [2.24, 2.45) is 0 Å². The van der Waals surface area contributed by atoms with Crippen molar-refractivity contribution in [3.05, 3.63) is 29.3 Å². The van der Waals surface area contributed by atoms with Crippen molar-refractivity contribution in [1.29, 1.82) is 5.26 Å². The second-order valence-corrected chi connectivity index (χ2v) is 3.29. The average molecular weight is 205 g/mol. The molecule has 0 heterocycles. The number of hydrogen-bond acceptors (Lipinski definition) is 3. The fraction of sp³-hybridized carbons (Fsp3) is 0.273. The highest BCUT2D eigenvalue weighted by atomic mass is 16.5. The van der Waals surface area contributed by atoms with Gasteiger partial charge in [0.05, 0.1) is 17.7 Å². The number of benzene rings is 1. The third-order valence-electron chi connectivity index (χ3n) is 1.70. The predicted octanol–water partition coefficient (Wildman–Crippen LogP) is 2.04. The fourth-order valence-corrected chi connectivity index (χ4v) is 1.12. The molecule has 0 aromatic heterocycles. The van der Waals surface area contributed by atoms with E-state index in [4.69, 9.17) is 15.1 Å². The smallest absolute Gasteiger partial charge is 0.339 e. The quantitative estimate of drug-likeness (QED) is 0.819. The van der Waals surface area contributed by atoms with E-state index in [0.29, 0.717) is 5.56 Å². The summed E-state index contributed by atoms with van der Waals surface area (Å²) in [7, 11) is 0. The van der Waals surface area contributed by atoms with Crippen LogP contribution in [0.3, 0.4) is 0 Å². The molecule has 1 aromatic rings. The standard InChI is InChI=1S/C11H11NO3/c1-7(2)15-10-4-3-8(6-12)5-9(10)11(13)14/h3-5,7H,1-2H3,(H,13,14). The molecule has 0 unspecified atom stereocenters. The van der Waals surface area contributed by atoms with E-state index >= 15 is 0 Å². The topological polar surface area (TPSA) is 70.3 Å². The fourth-order valence-electron chi connectivity index (χ4n) is 1.12. The molecule has 0 bridgehead atoms. The Balaban J connectivity index is 3.16. The van der Waals surface area contributed by atoms with E-state index in [1.165, 1.54) is 18.2 Å². The number of carboxylic acids is 1. The van der Waals surface area contributed by atoms with Gasteiger partial charge in [-0.2, -0.15) is 5.26 Å². The molecule has 4 nitrogen and oxygen atoms in total. The van der Waals surface area contributed by atoms with Gasteiger partial charge in [0.15, 0.2) is 0 Å². The van der Waals surface area contributed by atoms with Gasteiger partial charge in [-0.05, 0) is 32.0 Å². The van der Waals surface area contributed by atoms with Crippen LogP contribution in [0.4, 0.5) is 0 Å². The summed E-state index contributed by atoms with van der Waals surface area (Å²) < 4.78 is 5.32. The molecule has 0 atom stereocenters. The maximum atomic E-state index is 10.9. The molecule has 1 N–H and O–H groups in total. The Kier molecular flexibility index (Phi) is 3.29. The zero-order chi connectivity index (χ0) is 11.4. The van der Waals surface area contributed by atoms with Gasteiger partial charge in [0.25, 0.3) is 0 Å². The molecule has 0 amide bonds. The van der Waals surface area contributed by atoms with Gasteiger partial charge in [-0.3, -0.25) is 0 Å². The van der Waals surface area contributed by atoms with Crippen LogP contribution >= 0.6 is 0 Å². The Bertz CT molecular complexity index is 418.